The summed E-state index contributed by atoms with van der Waals surface area (Å²) < 4.78 is 0.978. The number of aromatic nitrogens is 1. The van der Waals surface area contributed by atoms with Crippen molar-refractivity contribution >= 4 is 27.5 Å². The van der Waals surface area contributed by atoms with Gasteiger partial charge in [-0.2, -0.15) is 0 Å². The van der Waals surface area contributed by atoms with E-state index >= 15 is 0 Å². The van der Waals surface area contributed by atoms with E-state index in [1.54, 1.807) is 0 Å². The van der Waals surface area contributed by atoms with Gasteiger partial charge in [0.25, 0.3) is 0 Å². The lowest BCUT2D eigenvalue weighted by Gasteiger charge is -2.18. The highest BCUT2D eigenvalue weighted by molar-refractivity contribution is 9.10. The number of hydrogen-bond acceptors (Lipinski definition) is 2. The van der Waals surface area contributed by atoms with Gasteiger partial charge in [-0.25, -0.2) is 0 Å². The largest absolute Gasteiger partial charge is 0.309 e. The lowest BCUT2D eigenvalue weighted by atomic mass is 9.99. The molecule has 0 aliphatic heterocycles. The van der Waals surface area contributed by atoms with Crippen LogP contribution in [0.1, 0.15) is 22.7 Å². The minimum absolute atomic E-state index is 0.0902. The van der Waals surface area contributed by atoms with E-state index in [9.17, 15) is 0 Å². The smallest absolute Gasteiger partial charge is 0.0590 e. The molecule has 2 aromatic rings. The Morgan fingerprint density at radius 1 is 1.17 bits per heavy atom. The molecule has 1 atom stereocenters. The Kier molecular flexibility index (Phi) is 4.38. The van der Waals surface area contributed by atoms with Gasteiger partial charge in [0, 0.05) is 21.9 Å². The summed E-state index contributed by atoms with van der Waals surface area (Å²) in [6.07, 6.45) is 3.73. The van der Waals surface area contributed by atoms with E-state index in [2.05, 4.69) is 38.4 Å². The van der Waals surface area contributed by atoms with Gasteiger partial charge in [-0.1, -0.05) is 33.6 Å². The standard InChI is InChI=1S/C14H14BrClN2/c1-9-3-11(8-18-7-9)14(17-2)10-4-12(15)6-13(16)5-10/h3-8,14,17H,1-2H3. The van der Waals surface area contributed by atoms with Crippen LogP contribution in [-0.2, 0) is 0 Å². The summed E-state index contributed by atoms with van der Waals surface area (Å²) in [5, 5.41) is 4.02. The van der Waals surface area contributed by atoms with Gasteiger partial charge in [-0.3, -0.25) is 4.98 Å². The normalized spacial score (nSPS) is 12.4. The Morgan fingerprint density at radius 3 is 2.56 bits per heavy atom. The molecular formula is C14H14BrClN2. The first-order chi connectivity index (χ1) is 8.60. The minimum atomic E-state index is 0.0902. The molecule has 1 unspecified atom stereocenters. The van der Waals surface area contributed by atoms with Crippen LogP contribution in [0.15, 0.2) is 41.1 Å². The van der Waals surface area contributed by atoms with E-state index < -0.39 is 0 Å². The number of aryl methyl sites for hydroxylation is 1. The van der Waals surface area contributed by atoms with Gasteiger partial charge in [0.15, 0.2) is 0 Å². The zero-order chi connectivity index (χ0) is 13.1. The molecule has 0 bridgehead atoms. The fraction of sp³-hybridized carbons (Fsp3) is 0.214. The molecule has 1 aromatic carbocycles. The molecule has 0 saturated carbocycles. The summed E-state index contributed by atoms with van der Waals surface area (Å²) >= 11 is 9.57. The second-order valence-electron chi connectivity index (χ2n) is 4.22. The van der Waals surface area contributed by atoms with Crippen molar-refractivity contribution in [1.82, 2.24) is 10.3 Å². The average molecular weight is 326 g/mol. The van der Waals surface area contributed by atoms with Gasteiger partial charge in [0.2, 0.25) is 0 Å². The van der Waals surface area contributed by atoms with Crippen molar-refractivity contribution < 1.29 is 0 Å². The Bertz CT molecular complexity index is 537. The average Bonchev–Trinajstić information content (AvgIpc) is 2.28. The first-order valence-corrected chi connectivity index (χ1v) is 6.82. The molecule has 1 aromatic heterocycles. The summed E-state index contributed by atoms with van der Waals surface area (Å²) in [6, 6.07) is 8.13. The Hall–Kier alpha value is -0.900. The molecule has 0 amide bonds. The summed E-state index contributed by atoms with van der Waals surface area (Å²) in [5.41, 5.74) is 3.39. The molecule has 0 aliphatic carbocycles. The molecule has 2 nitrogen and oxygen atoms in total. The second kappa shape index (κ2) is 5.83. The fourth-order valence-electron chi connectivity index (χ4n) is 2.00. The fourth-order valence-corrected chi connectivity index (χ4v) is 2.89. The third kappa shape index (κ3) is 3.10. The van der Waals surface area contributed by atoms with Crippen LogP contribution >= 0.6 is 27.5 Å². The van der Waals surface area contributed by atoms with Gasteiger partial charge in [-0.05, 0) is 48.9 Å². The van der Waals surface area contributed by atoms with Crippen molar-refractivity contribution in [3.8, 4) is 0 Å². The highest BCUT2D eigenvalue weighted by Crippen LogP contribution is 2.27. The van der Waals surface area contributed by atoms with Crippen LogP contribution < -0.4 is 5.32 Å². The third-order valence-electron chi connectivity index (χ3n) is 2.74. The summed E-state index contributed by atoms with van der Waals surface area (Å²) in [6.45, 7) is 2.04. The number of halogens is 2. The number of nitrogens with zero attached hydrogens (tertiary/aromatic N) is 1. The predicted molar refractivity (Wildman–Crippen MR) is 79.0 cm³/mol. The molecule has 0 saturated heterocycles. The van der Waals surface area contributed by atoms with Crippen LogP contribution in [0.2, 0.25) is 5.02 Å². The maximum absolute atomic E-state index is 6.10. The molecule has 4 heteroatoms. The Morgan fingerprint density at radius 2 is 1.94 bits per heavy atom. The van der Waals surface area contributed by atoms with Crippen LogP contribution in [0.3, 0.4) is 0 Å². The lowest BCUT2D eigenvalue weighted by Crippen LogP contribution is -2.18. The third-order valence-corrected chi connectivity index (χ3v) is 3.41. The van der Waals surface area contributed by atoms with Gasteiger partial charge < -0.3 is 5.32 Å². The van der Waals surface area contributed by atoms with Gasteiger partial charge in [-0.15, -0.1) is 0 Å². The van der Waals surface area contributed by atoms with Crippen molar-refractivity contribution in [2.45, 2.75) is 13.0 Å². The number of pyridine rings is 1. The molecule has 94 valence electrons. The predicted octanol–water partition coefficient (Wildman–Crippen LogP) is 4.11. The summed E-state index contributed by atoms with van der Waals surface area (Å²) in [7, 11) is 1.93. The number of benzene rings is 1. The van der Waals surface area contributed by atoms with Crippen molar-refractivity contribution in [1.29, 1.82) is 0 Å². The van der Waals surface area contributed by atoms with Crippen molar-refractivity contribution in [3.05, 3.63) is 62.8 Å². The molecule has 0 spiro atoms. The Balaban J connectivity index is 2.45. The summed E-state index contributed by atoms with van der Waals surface area (Å²) in [5.74, 6) is 0. The Labute approximate surface area is 121 Å². The van der Waals surface area contributed by atoms with Gasteiger partial charge >= 0.3 is 0 Å². The highest BCUT2D eigenvalue weighted by atomic mass is 79.9. The van der Waals surface area contributed by atoms with E-state index in [4.69, 9.17) is 11.6 Å². The van der Waals surface area contributed by atoms with Crippen LogP contribution in [-0.4, -0.2) is 12.0 Å². The number of rotatable bonds is 3. The number of hydrogen-bond donors (Lipinski definition) is 1. The molecule has 0 aliphatic rings. The quantitative estimate of drug-likeness (QED) is 0.918. The van der Waals surface area contributed by atoms with E-state index in [-0.39, 0.29) is 6.04 Å². The van der Waals surface area contributed by atoms with Crippen molar-refractivity contribution in [2.24, 2.45) is 0 Å². The van der Waals surface area contributed by atoms with Crippen LogP contribution in [0.25, 0.3) is 0 Å². The van der Waals surface area contributed by atoms with Crippen LogP contribution in [0.5, 0.6) is 0 Å². The molecule has 18 heavy (non-hydrogen) atoms. The zero-order valence-electron chi connectivity index (χ0n) is 10.2. The van der Waals surface area contributed by atoms with Gasteiger partial charge in [0.1, 0.15) is 0 Å². The highest BCUT2D eigenvalue weighted by Gasteiger charge is 2.13. The van der Waals surface area contributed by atoms with Crippen LogP contribution in [0, 0.1) is 6.92 Å². The molecule has 1 heterocycles. The first-order valence-electron chi connectivity index (χ1n) is 5.65. The topological polar surface area (TPSA) is 24.9 Å². The van der Waals surface area contributed by atoms with Crippen molar-refractivity contribution in [2.75, 3.05) is 7.05 Å². The number of nitrogens with one attached hydrogen (secondary N) is 1. The van der Waals surface area contributed by atoms with E-state index in [0.29, 0.717) is 0 Å². The molecule has 0 radical (unpaired) electrons. The maximum atomic E-state index is 6.10. The monoisotopic (exact) mass is 324 g/mol. The second-order valence-corrected chi connectivity index (χ2v) is 5.57. The van der Waals surface area contributed by atoms with Crippen LogP contribution in [0.4, 0.5) is 0 Å². The maximum Gasteiger partial charge on any atom is 0.0590 e. The zero-order valence-corrected chi connectivity index (χ0v) is 12.6. The molecule has 0 fully saturated rings. The molecule has 2 rings (SSSR count). The van der Waals surface area contributed by atoms with E-state index in [1.165, 1.54) is 0 Å². The molecular weight excluding hydrogens is 312 g/mol. The van der Waals surface area contributed by atoms with Gasteiger partial charge in [0.05, 0.1) is 6.04 Å². The summed E-state index contributed by atoms with van der Waals surface area (Å²) in [4.78, 5) is 4.24. The minimum Gasteiger partial charge on any atom is -0.309 e. The first kappa shape index (κ1) is 13.5. The molecule has 1 N–H and O–H groups in total. The van der Waals surface area contributed by atoms with E-state index in [0.717, 1.165) is 26.2 Å². The lowest BCUT2D eigenvalue weighted by molar-refractivity contribution is 0.687. The van der Waals surface area contributed by atoms with Crippen molar-refractivity contribution in [3.63, 3.8) is 0 Å². The van der Waals surface area contributed by atoms with E-state index in [1.807, 2.05) is 38.5 Å². The SMILES string of the molecule is CNC(c1cncc(C)c1)c1cc(Cl)cc(Br)c1.